The summed E-state index contributed by atoms with van der Waals surface area (Å²) in [7, 11) is 0. The van der Waals surface area contributed by atoms with Crippen LogP contribution in [0.5, 0.6) is 0 Å². The Bertz CT molecular complexity index is 2050. The first-order chi connectivity index (χ1) is 22.2. The summed E-state index contributed by atoms with van der Waals surface area (Å²) in [5.74, 6) is 0.914. The SMILES string of the molecule is CC1(C)C[C@@H](NC(=O)c2cc(-c3ccco3)nc3ccccc23)C[C@@](C)(CNC(=O)c2cc(-c3ccco3)nc3ccccc23)C1. The van der Waals surface area contributed by atoms with Crippen LogP contribution in [0, 0.1) is 10.8 Å². The smallest absolute Gasteiger partial charge is 0.252 e. The van der Waals surface area contributed by atoms with E-state index >= 15 is 0 Å². The van der Waals surface area contributed by atoms with Gasteiger partial charge in [0.25, 0.3) is 11.8 Å². The average molecular weight is 613 g/mol. The van der Waals surface area contributed by atoms with Crippen LogP contribution in [0.2, 0.25) is 0 Å². The maximum Gasteiger partial charge on any atom is 0.252 e. The van der Waals surface area contributed by atoms with Crippen LogP contribution in [0.1, 0.15) is 60.7 Å². The monoisotopic (exact) mass is 612 g/mol. The minimum atomic E-state index is -0.248. The highest BCUT2D eigenvalue weighted by Crippen LogP contribution is 2.46. The zero-order valence-corrected chi connectivity index (χ0v) is 26.2. The van der Waals surface area contributed by atoms with Crippen molar-refractivity contribution >= 4 is 33.6 Å². The van der Waals surface area contributed by atoms with E-state index in [0.717, 1.165) is 41.1 Å². The third-order valence-electron chi connectivity index (χ3n) is 8.92. The summed E-state index contributed by atoms with van der Waals surface area (Å²) < 4.78 is 11.2. The molecule has 0 saturated heterocycles. The number of nitrogens with zero attached hydrogens (tertiary/aromatic N) is 2. The van der Waals surface area contributed by atoms with Crippen molar-refractivity contribution in [3.63, 3.8) is 0 Å². The van der Waals surface area contributed by atoms with Gasteiger partial charge in [-0.2, -0.15) is 0 Å². The fraction of sp³-hybridized carbons (Fsp3) is 0.263. The van der Waals surface area contributed by atoms with Crippen LogP contribution in [0.4, 0.5) is 0 Å². The second kappa shape index (κ2) is 11.6. The molecule has 6 aromatic rings. The zero-order valence-electron chi connectivity index (χ0n) is 26.2. The Morgan fingerprint density at radius 3 is 1.83 bits per heavy atom. The van der Waals surface area contributed by atoms with Crippen molar-refractivity contribution in [1.82, 2.24) is 20.6 Å². The maximum absolute atomic E-state index is 13.9. The predicted molar refractivity (Wildman–Crippen MR) is 178 cm³/mol. The molecule has 232 valence electrons. The number of benzene rings is 2. The summed E-state index contributed by atoms with van der Waals surface area (Å²) in [6, 6.07) is 26.1. The Morgan fingerprint density at radius 1 is 0.739 bits per heavy atom. The largest absolute Gasteiger partial charge is 0.463 e. The number of rotatable bonds is 7. The molecule has 0 unspecified atom stereocenters. The highest BCUT2D eigenvalue weighted by molar-refractivity contribution is 6.08. The summed E-state index contributed by atoms with van der Waals surface area (Å²) in [6.07, 6.45) is 5.66. The van der Waals surface area contributed by atoms with Gasteiger partial charge in [-0.25, -0.2) is 9.97 Å². The van der Waals surface area contributed by atoms with Crippen molar-refractivity contribution < 1.29 is 18.4 Å². The Kier molecular flexibility index (Phi) is 7.43. The number of amides is 2. The topological polar surface area (TPSA) is 110 Å². The van der Waals surface area contributed by atoms with E-state index in [9.17, 15) is 9.59 Å². The number of fused-ring (bicyclic) bond motifs is 2. The normalized spacial score (nSPS) is 19.2. The molecule has 0 bridgehead atoms. The van der Waals surface area contributed by atoms with Crippen molar-refractivity contribution in [2.45, 2.75) is 46.1 Å². The van der Waals surface area contributed by atoms with Crippen molar-refractivity contribution in [2.24, 2.45) is 10.8 Å². The number of carbonyl (C=O) groups excluding carboxylic acids is 2. The molecule has 0 spiro atoms. The first kappa shape index (κ1) is 29.5. The van der Waals surface area contributed by atoms with Crippen LogP contribution < -0.4 is 10.6 Å². The van der Waals surface area contributed by atoms with Gasteiger partial charge in [-0.15, -0.1) is 0 Å². The molecule has 4 aromatic heterocycles. The molecule has 8 nitrogen and oxygen atoms in total. The minimum Gasteiger partial charge on any atom is -0.463 e. The number of aromatic nitrogens is 2. The van der Waals surface area contributed by atoms with Crippen LogP contribution in [0.3, 0.4) is 0 Å². The molecule has 2 N–H and O–H groups in total. The quantitative estimate of drug-likeness (QED) is 0.189. The molecule has 8 heteroatoms. The van der Waals surface area contributed by atoms with Gasteiger partial charge < -0.3 is 19.5 Å². The predicted octanol–water partition coefficient (Wildman–Crippen LogP) is 8.05. The lowest BCUT2D eigenvalue weighted by Gasteiger charge is -2.47. The fourth-order valence-electron chi connectivity index (χ4n) is 7.35. The molecular formula is C38H36N4O4. The van der Waals surface area contributed by atoms with E-state index in [0.29, 0.717) is 40.6 Å². The molecule has 0 radical (unpaired) electrons. The maximum atomic E-state index is 13.9. The first-order valence-corrected chi connectivity index (χ1v) is 15.6. The molecule has 4 heterocycles. The first-order valence-electron chi connectivity index (χ1n) is 15.6. The summed E-state index contributed by atoms with van der Waals surface area (Å²) in [6.45, 7) is 7.13. The van der Waals surface area contributed by atoms with Crippen LogP contribution in [0.15, 0.2) is 106 Å². The van der Waals surface area contributed by atoms with E-state index in [1.807, 2.05) is 72.8 Å². The molecule has 0 aliphatic heterocycles. The number of furan rings is 2. The van der Waals surface area contributed by atoms with E-state index < -0.39 is 0 Å². The van der Waals surface area contributed by atoms with Gasteiger partial charge in [-0.3, -0.25) is 9.59 Å². The lowest BCUT2D eigenvalue weighted by molar-refractivity contribution is 0.0593. The van der Waals surface area contributed by atoms with Gasteiger partial charge in [0.05, 0.1) is 34.7 Å². The Labute approximate surface area is 267 Å². The lowest BCUT2D eigenvalue weighted by Crippen LogP contribution is -2.50. The van der Waals surface area contributed by atoms with Crippen LogP contribution >= 0.6 is 0 Å². The van der Waals surface area contributed by atoms with E-state index in [1.165, 1.54) is 0 Å². The van der Waals surface area contributed by atoms with E-state index in [-0.39, 0.29) is 28.7 Å². The van der Waals surface area contributed by atoms with E-state index in [2.05, 4.69) is 31.4 Å². The molecule has 1 saturated carbocycles. The standard InChI is InChI=1S/C38H36N4O4/c1-37(2)20-24(40-36(44)28-19-32(34-15-9-17-46-34)42-30-13-7-5-11-26(28)30)21-38(3,22-37)23-39-35(43)27-18-31(33-14-8-16-45-33)41-29-12-6-4-10-25(27)29/h4-19,24H,20-23H2,1-3H3,(H,39,43)(H,40,44)/t24-,38-/m1/s1. The van der Waals surface area contributed by atoms with Gasteiger partial charge in [-0.1, -0.05) is 57.2 Å². The van der Waals surface area contributed by atoms with Crippen molar-refractivity contribution in [1.29, 1.82) is 0 Å². The molecule has 1 fully saturated rings. The number of para-hydroxylation sites is 2. The molecule has 1 aliphatic rings. The third-order valence-corrected chi connectivity index (χ3v) is 8.92. The second-order valence-corrected chi connectivity index (χ2v) is 13.5. The molecule has 1 aliphatic carbocycles. The summed E-state index contributed by atoms with van der Waals surface area (Å²) in [4.78, 5) is 37.2. The number of pyridine rings is 2. The number of nitrogens with one attached hydrogen (secondary N) is 2. The molecule has 2 aromatic carbocycles. The van der Waals surface area contributed by atoms with Crippen molar-refractivity contribution in [3.05, 3.63) is 109 Å². The summed E-state index contributed by atoms with van der Waals surface area (Å²) >= 11 is 0. The Balaban J connectivity index is 1.12. The molecular weight excluding hydrogens is 576 g/mol. The Morgan fingerprint density at radius 2 is 1.28 bits per heavy atom. The summed E-state index contributed by atoms with van der Waals surface area (Å²) in [5, 5.41) is 8.16. The average Bonchev–Trinajstić information content (AvgIpc) is 3.77. The lowest BCUT2D eigenvalue weighted by atomic mass is 9.62. The molecule has 2 atom stereocenters. The Hall–Kier alpha value is -5.24. The molecule has 2 amide bonds. The zero-order chi connectivity index (χ0) is 31.9. The van der Waals surface area contributed by atoms with Crippen molar-refractivity contribution in [3.8, 4) is 22.9 Å². The highest BCUT2D eigenvalue weighted by Gasteiger charge is 2.42. The van der Waals surface area contributed by atoms with Gasteiger partial charge in [-0.05, 0) is 78.6 Å². The van der Waals surface area contributed by atoms with Crippen LogP contribution in [-0.2, 0) is 0 Å². The second-order valence-electron chi connectivity index (χ2n) is 13.5. The fourth-order valence-corrected chi connectivity index (χ4v) is 7.35. The van der Waals surface area contributed by atoms with Gasteiger partial charge in [0.2, 0.25) is 0 Å². The number of hydrogen-bond acceptors (Lipinski definition) is 6. The highest BCUT2D eigenvalue weighted by atomic mass is 16.3. The minimum absolute atomic E-state index is 0.0505. The third kappa shape index (κ3) is 5.90. The number of hydrogen-bond donors (Lipinski definition) is 2. The van der Waals surface area contributed by atoms with Crippen molar-refractivity contribution in [2.75, 3.05) is 6.54 Å². The van der Waals surface area contributed by atoms with E-state index in [1.54, 1.807) is 24.7 Å². The van der Waals surface area contributed by atoms with Crippen LogP contribution in [0.25, 0.3) is 44.7 Å². The van der Waals surface area contributed by atoms with Gasteiger partial charge >= 0.3 is 0 Å². The van der Waals surface area contributed by atoms with E-state index in [4.69, 9.17) is 18.8 Å². The molecule has 7 rings (SSSR count). The summed E-state index contributed by atoms with van der Waals surface area (Å²) in [5.41, 5.74) is 3.51. The number of carbonyl (C=O) groups is 2. The van der Waals surface area contributed by atoms with Gasteiger partial charge in [0, 0.05) is 23.4 Å². The van der Waals surface area contributed by atoms with Gasteiger partial charge in [0.15, 0.2) is 11.5 Å². The van der Waals surface area contributed by atoms with Gasteiger partial charge in [0.1, 0.15) is 11.4 Å². The molecule has 46 heavy (non-hydrogen) atoms. The van der Waals surface area contributed by atoms with Crippen LogP contribution in [-0.4, -0.2) is 34.4 Å².